The topological polar surface area (TPSA) is 29.9 Å². The highest BCUT2D eigenvalue weighted by Gasteiger charge is 2.08. The molecule has 0 spiro atoms. The summed E-state index contributed by atoms with van der Waals surface area (Å²) in [5.74, 6) is 0. The van der Waals surface area contributed by atoms with E-state index >= 15 is 0 Å². The van der Waals surface area contributed by atoms with E-state index in [1.54, 1.807) is 11.3 Å². The van der Waals surface area contributed by atoms with E-state index in [9.17, 15) is 0 Å². The Balaban J connectivity index is 1.82. The van der Waals surface area contributed by atoms with Gasteiger partial charge in [0.1, 0.15) is 0 Å². The molecule has 0 aliphatic rings. The van der Waals surface area contributed by atoms with E-state index in [1.165, 1.54) is 19.9 Å². The lowest BCUT2D eigenvalue weighted by Crippen LogP contribution is -2.17. The van der Waals surface area contributed by atoms with Crippen molar-refractivity contribution in [2.24, 2.45) is 7.05 Å². The zero-order valence-electron chi connectivity index (χ0n) is 11.0. The molecule has 0 saturated heterocycles. The fraction of sp³-hybridized carbons (Fsp3) is 0.462. The van der Waals surface area contributed by atoms with Crippen LogP contribution in [0.1, 0.15) is 21.8 Å². The molecule has 0 saturated carbocycles. The highest BCUT2D eigenvalue weighted by molar-refractivity contribution is 9.11. The van der Waals surface area contributed by atoms with Crippen molar-refractivity contribution < 1.29 is 0 Å². The molecule has 2 aromatic rings. The fourth-order valence-corrected chi connectivity index (χ4v) is 3.47. The Morgan fingerprint density at radius 2 is 2.17 bits per heavy atom. The Morgan fingerprint density at radius 3 is 2.72 bits per heavy atom. The summed E-state index contributed by atoms with van der Waals surface area (Å²) in [5, 5.41) is 7.92. The van der Waals surface area contributed by atoms with Gasteiger partial charge in [0, 0.05) is 36.3 Å². The van der Waals surface area contributed by atoms with Crippen LogP contribution in [0.5, 0.6) is 0 Å². The van der Waals surface area contributed by atoms with Gasteiger partial charge in [-0.1, -0.05) is 0 Å². The second kappa shape index (κ2) is 5.99. The summed E-state index contributed by atoms with van der Waals surface area (Å²) in [6.45, 7) is 6.09. The fourth-order valence-electron chi connectivity index (χ4n) is 1.98. The molecule has 0 fully saturated rings. The van der Waals surface area contributed by atoms with Crippen molar-refractivity contribution >= 4 is 27.3 Å². The third-order valence-corrected chi connectivity index (χ3v) is 4.82. The van der Waals surface area contributed by atoms with Crippen molar-refractivity contribution in [3.05, 3.63) is 37.7 Å². The Hall–Kier alpha value is -0.650. The summed E-state index contributed by atoms with van der Waals surface area (Å²) in [4.78, 5) is 1.41. The third-order valence-electron chi connectivity index (χ3n) is 3.14. The zero-order valence-corrected chi connectivity index (χ0v) is 13.4. The van der Waals surface area contributed by atoms with Crippen LogP contribution in [0.25, 0.3) is 0 Å². The van der Waals surface area contributed by atoms with Gasteiger partial charge in [-0.15, -0.1) is 11.3 Å². The zero-order chi connectivity index (χ0) is 13.1. The van der Waals surface area contributed by atoms with Crippen molar-refractivity contribution in [1.82, 2.24) is 15.1 Å². The Morgan fingerprint density at radius 1 is 1.39 bits per heavy atom. The van der Waals surface area contributed by atoms with Gasteiger partial charge in [0.25, 0.3) is 0 Å². The minimum atomic E-state index is 0.901. The lowest BCUT2D eigenvalue weighted by Gasteiger charge is -2.04. The molecule has 18 heavy (non-hydrogen) atoms. The van der Waals surface area contributed by atoms with Crippen LogP contribution < -0.4 is 5.32 Å². The normalized spacial score (nSPS) is 11.1. The molecular formula is C13H18BrN3S. The number of thiophene rings is 1. The Bertz CT molecular complexity index is 530. The molecule has 0 amide bonds. The number of hydrogen-bond acceptors (Lipinski definition) is 3. The first kappa shape index (κ1) is 13.8. The number of aromatic nitrogens is 2. The van der Waals surface area contributed by atoms with Gasteiger partial charge >= 0.3 is 0 Å². The molecule has 3 nitrogen and oxygen atoms in total. The van der Waals surface area contributed by atoms with E-state index in [0.29, 0.717) is 0 Å². The van der Waals surface area contributed by atoms with Crippen LogP contribution in [0, 0.1) is 13.8 Å². The maximum Gasteiger partial charge on any atom is 0.0701 e. The van der Waals surface area contributed by atoms with Crippen LogP contribution in [0.15, 0.2) is 15.9 Å². The maximum absolute atomic E-state index is 4.42. The first-order valence-corrected chi connectivity index (χ1v) is 7.63. The summed E-state index contributed by atoms with van der Waals surface area (Å²) < 4.78 is 3.15. The van der Waals surface area contributed by atoms with E-state index in [0.717, 1.165) is 25.2 Å². The molecule has 2 heterocycles. The quantitative estimate of drug-likeness (QED) is 0.855. The van der Waals surface area contributed by atoms with Crippen LogP contribution in [0.3, 0.4) is 0 Å². The van der Waals surface area contributed by atoms with Crippen LogP contribution in [0.4, 0.5) is 0 Å². The van der Waals surface area contributed by atoms with Crippen molar-refractivity contribution in [2.75, 3.05) is 6.54 Å². The predicted octanol–water partition coefficient (Wildman–Crippen LogP) is 3.19. The summed E-state index contributed by atoms with van der Waals surface area (Å²) in [6, 6.07) is 4.28. The van der Waals surface area contributed by atoms with Gasteiger partial charge in [-0.25, -0.2) is 0 Å². The summed E-state index contributed by atoms with van der Waals surface area (Å²) in [5.41, 5.74) is 3.70. The average Bonchev–Trinajstić information content (AvgIpc) is 2.82. The van der Waals surface area contributed by atoms with Gasteiger partial charge in [-0.05, 0) is 48.3 Å². The van der Waals surface area contributed by atoms with E-state index in [2.05, 4.69) is 52.3 Å². The summed E-state index contributed by atoms with van der Waals surface area (Å²) in [6.07, 6.45) is 1.08. The third kappa shape index (κ3) is 3.22. The smallest absolute Gasteiger partial charge is 0.0701 e. The van der Waals surface area contributed by atoms with Crippen LogP contribution >= 0.6 is 27.3 Å². The lowest BCUT2D eigenvalue weighted by molar-refractivity contribution is 0.682. The van der Waals surface area contributed by atoms with Gasteiger partial charge in [0.15, 0.2) is 0 Å². The molecule has 5 heteroatoms. The van der Waals surface area contributed by atoms with E-state index in [-0.39, 0.29) is 0 Å². The summed E-state index contributed by atoms with van der Waals surface area (Å²) in [7, 11) is 2.00. The largest absolute Gasteiger partial charge is 0.312 e. The molecular weight excluding hydrogens is 310 g/mol. The molecule has 0 aromatic carbocycles. The van der Waals surface area contributed by atoms with E-state index < -0.39 is 0 Å². The van der Waals surface area contributed by atoms with Crippen molar-refractivity contribution in [2.45, 2.75) is 26.8 Å². The van der Waals surface area contributed by atoms with Crippen molar-refractivity contribution in [3.63, 3.8) is 0 Å². The van der Waals surface area contributed by atoms with Gasteiger partial charge in [0.2, 0.25) is 0 Å². The first-order valence-electron chi connectivity index (χ1n) is 6.02. The van der Waals surface area contributed by atoms with Crippen molar-refractivity contribution in [3.8, 4) is 0 Å². The van der Waals surface area contributed by atoms with Gasteiger partial charge in [0.05, 0.1) is 9.48 Å². The average molecular weight is 328 g/mol. The molecule has 98 valence electrons. The van der Waals surface area contributed by atoms with Crippen LogP contribution in [-0.2, 0) is 20.0 Å². The predicted molar refractivity (Wildman–Crippen MR) is 80.1 cm³/mol. The number of nitrogens with one attached hydrogen (secondary N) is 1. The second-order valence-electron chi connectivity index (χ2n) is 4.41. The number of aryl methyl sites for hydroxylation is 2. The van der Waals surface area contributed by atoms with Crippen LogP contribution in [-0.4, -0.2) is 16.3 Å². The minimum absolute atomic E-state index is 0.901. The van der Waals surface area contributed by atoms with E-state index in [4.69, 9.17) is 0 Å². The maximum atomic E-state index is 4.42. The second-order valence-corrected chi connectivity index (χ2v) is 6.95. The SMILES string of the molecule is Cc1nn(C)c(C)c1CNCCc1ccc(Br)s1. The number of halogens is 1. The van der Waals surface area contributed by atoms with Gasteiger partial charge in [-0.2, -0.15) is 5.10 Å². The molecule has 0 aliphatic carbocycles. The van der Waals surface area contributed by atoms with Gasteiger partial charge in [-0.3, -0.25) is 4.68 Å². The van der Waals surface area contributed by atoms with E-state index in [1.807, 2.05) is 11.7 Å². The lowest BCUT2D eigenvalue weighted by atomic mass is 10.2. The molecule has 0 unspecified atom stereocenters. The summed E-state index contributed by atoms with van der Waals surface area (Å²) >= 11 is 5.29. The molecule has 0 bridgehead atoms. The van der Waals surface area contributed by atoms with Crippen molar-refractivity contribution in [1.29, 1.82) is 0 Å². The minimum Gasteiger partial charge on any atom is -0.312 e. The number of rotatable bonds is 5. The van der Waals surface area contributed by atoms with Crippen LogP contribution in [0.2, 0.25) is 0 Å². The Kier molecular flexibility index (Phi) is 4.59. The molecule has 0 radical (unpaired) electrons. The molecule has 2 aromatic heterocycles. The monoisotopic (exact) mass is 327 g/mol. The highest BCUT2D eigenvalue weighted by atomic mass is 79.9. The first-order chi connectivity index (χ1) is 8.58. The number of nitrogens with zero attached hydrogens (tertiary/aromatic N) is 2. The molecule has 0 aliphatic heterocycles. The number of hydrogen-bond donors (Lipinski definition) is 1. The molecule has 1 N–H and O–H groups in total. The van der Waals surface area contributed by atoms with Gasteiger partial charge < -0.3 is 5.32 Å². The molecule has 2 rings (SSSR count). The molecule has 0 atom stereocenters. The standard InChI is InChI=1S/C13H18BrN3S/c1-9-12(10(2)17(3)16-9)8-15-7-6-11-4-5-13(14)18-11/h4-5,15H,6-8H2,1-3H3. The Labute approximate surface area is 120 Å². The highest BCUT2D eigenvalue weighted by Crippen LogP contribution is 2.22.